The molecule has 15 heteroatoms. The van der Waals surface area contributed by atoms with E-state index in [1.807, 2.05) is 20.8 Å². The monoisotopic (exact) mass is 663 g/mol. The second-order valence-electron chi connectivity index (χ2n) is 12.7. The van der Waals surface area contributed by atoms with Gasteiger partial charge in [-0.05, 0) is 69.7 Å². The summed E-state index contributed by atoms with van der Waals surface area (Å²) in [6.07, 6.45) is -3.83. The van der Waals surface area contributed by atoms with Crippen molar-refractivity contribution in [3.63, 3.8) is 0 Å². The largest absolute Gasteiger partial charge is 0.490 e. The molecule has 0 fully saturated rings. The number of nitrogens with one attached hydrogen (secondary N) is 1. The van der Waals surface area contributed by atoms with Gasteiger partial charge in [-0.25, -0.2) is 19.0 Å². The molecule has 252 valence electrons. The molecule has 1 aromatic carbocycles. The zero-order chi connectivity index (χ0) is 34.8. The minimum atomic E-state index is -5.08. The van der Waals surface area contributed by atoms with Crippen LogP contribution in [0.4, 0.5) is 17.6 Å². The quantitative estimate of drug-likeness (QED) is 0.215. The van der Waals surface area contributed by atoms with Crippen molar-refractivity contribution in [2.24, 2.45) is 0 Å². The maximum atomic E-state index is 15.0. The third-order valence-corrected chi connectivity index (χ3v) is 8.53. The number of aliphatic carboxylic acids is 1. The number of hydrogen-bond donors (Lipinski definition) is 3. The minimum absolute atomic E-state index is 0.0137. The molecule has 0 saturated heterocycles. The number of halogens is 4. The van der Waals surface area contributed by atoms with E-state index in [-0.39, 0.29) is 60.6 Å². The molecule has 47 heavy (non-hydrogen) atoms. The summed E-state index contributed by atoms with van der Waals surface area (Å²) in [6, 6.07) is 2.80. The Morgan fingerprint density at radius 2 is 1.83 bits per heavy atom. The number of aromatic nitrogens is 2. The third-order valence-electron chi connectivity index (χ3n) is 8.53. The first kappa shape index (κ1) is 34.0. The number of carbonyl (C=O) groups is 3. The summed E-state index contributed by atoms with van der Waals surface area (Å²) in [7, 11) is 0. The van der Waals surface area contributed by atoms with Gasteiger partial charge in [-0.1, -0.05) is 6.92 Å². The number of fused-ring (bicyclic) bond motifs is 5. The first-order valence-electron chi connectivity index (χ1n) is 14.9. The molecule has 0 bridgehead atoms. The SMILES string of the molecule is CC[C@@]1(O)C(=O)OCc2c1cc1n(c2=O)Cc2c-1nc1cc(F)c(C)c3c1c2[C@@H](NCC(=O)OC(C)(C)C)CC3.O=C(O)C(F)(F)F. The van der Waals surface area contributed by atoms with Crippen LogP contribution in [0.5, 0.6) is 0 Å². The highest BCUT2D eigenvalue weighted by Gasteiger charge is 2.46. The zero-order valence-corrected chi connectivity index (χ0v) is 26.2. The lowest BCUT2D eigenvalue weighted by atomic mass is 9.81. The number of cyclic esters (lactones) is 1. The van der Waals surface area contributed by atoms with Crippen molar-refractivity contribution in [1.82, 2.24) is 14.9 Å². The Hall–Kier alpha value is -4.37. The molecule has 0 radical (unpaired) electrons. The number of ether oxygens (including phenoxy) is 2. The molecule has 6 rings (SSSR count). The van der Waals surface area contributed by atoms with Crippen LogP contribution in [-0.2, 0) is 49.0 Å². The normalized spacial score (nSPS) is 19.6. The number of pyridine rings is 2. The van der Waals surface area contributed by atoms with Gasteiger partial charge >= 0.3 is 24.1 Å². The number of aliphatic hydroxyl groups is 1. The van der Waals surface area contributed by atoms with Gasteiger partial charge in [0.05, 0.1) is 35.6 Å². The van der Waals surface area contributed by atoms with Gasteiger partial charge in [0.25, 0.3) is 5.56 Å². The van der Waals surface area contributed by atoms with E-state index in [0.29, 0.717) is 35.3 Å². The van der Waals surface area contributed by atoms with Crippen molar-refractivity contribution >= 4 is 28.8 Å². The smallest absolute Gasteiger partial charge is 0.475 e. The van der Waals surface area contributed by atoms with Crippen LogP contribution < -0.4 is 10.9 Å². The lowest BCUT2D eigenvalue weighted by Gasteiger charge is -2.31. The van der Waals surface area contributed by atoms with Crippen LogP contribution in [0.2, 0.25) is 0 Å². The number of carboxylic acids is 1. The fourth-order valence-corrected chi connectivity index (χ4v) is 6.34. The summed E-state index contributed by atoms with van der Waals surface area (Å²) in [5, 5.41) is 22.5. The van der Waals surface area contributed by atoms with Crippen molar-refractivity contribution in [3.05, 3.63) is 61.7 Å². The van der Waals surface area contributed by atoms with E-state index in [1.165, 1.54) is 6.07 Å². The summed E-state index contributed by atoms with van der Waals surface area (Å²) in [5.41, 5.74) is 2.07. The van der Waals surface area contributed by atoms with E-state index in [4.69, 9.17) is 24.4 Å². The van der Waals surface area contributed by atoms with Crippen molar-refractivity contribution < 1.29 is 51.6 Å². The summed E-state index contributed by atoms with van der Waals surface area (Å²) in [6.45, 7) is 8.82. The Labute approximate surface area is 265 Å². The number of aryl methyl sites for hydroxylation is 1. The highest BCUT2D eigenvalue weighted by atomic mass is 19.4. The molecular weight excluding hydrogens is 630 g/mol. The van der Waals surface area contributed by atoms with Gasteiger partial charge in [-0.2, -0.15) is 13.2 Å². The van der Waals surface area contributed by atoms with Crippen LogP contribution in [0.1, 0.15) is 80.0 Å². The standard InChI is InChI=1S/C30H32FN3O6.C2HF3O2/c1-6-30(38)18-9-22-26-16(12-34(22)27(36)17(18)13-39-28(30)37)25-20(32-11-23(35)40-29(3,4)5)8-7-15-14(2)19(31)10-21(33-26)24(15)25;3-2(4,5)1(6)7/h9-10,20,32,38H,6-8,11-13H2,1-5H3;(H,6,7)/t20-,30-;/m0./s1. The van der Waals surface area contributed by atoms with Gasteiger partial charge in [-0.3, -0.25) is 14.9 Å². The van der Waals surface area contributed by atoms with Crippen molar-refractivity contribution in [2.75, 3.05) is 6.54 Å². The van der Waals surface area contributed by atoms with E-state index in [9.17, 15) is 32.7 Å². The first-order valence-corrected chi connectivity index (χ1v) is 14.9. The Morgan fingerprint density at radius 3 is 2.43 bits per heavy atom. The van der Waals surface area contributed by atoms with Crippen LogP contribution in [-0.4, -0.2) is 56.0 Å². The summed E-state index contributed by atoms with van der Waals surface area (Å²) < 4.78 is 59.0. The predicted octanol–water partition coefficient (Wildman–Crippen LogP) is 4.08. The second kappa shape index (κ2) is 11.7. The third kappa shape index (κ3) is 5.97. The predicted molar refractivity (Wildman–Crippen MR) is 158 cm³/mol. The van der Waals surface area contributed by atoms with Gasteiger partial charge < -0.3 is 24.3 Å². The lowest BCUT2D eigenvalue weighted by molar-refractivity contribution is -0.192. The number of carbonyl (C=O) groups excluding carboxylic acids is 2. The van der Waals surface area contributed by atoms with Crippen LogP contribution in [0.3, 0.4) is 0 Å². The molecule has 3 N–H and O–H groups in total. The second-order valence-corrected chi connectivity index (χ2v) is 12.7. The summed E-state index contributed by atoms with van der Waals surface area (Å²) >= 11 is 0. The number of carboxylic acid groups (broad SMARTS) is 1. The molecule has 0 spiro atoms. The molecule has 0 amide bonds. The molecule has 2 atom stereocenters. The summed E-state index contributed by atoms with van der Waals surface area (Å²) in [5.74, 6) is -4.29. The minimum Gasteiger partial charge on any atom is -0.475 e. The van der Waals surface area contributed by atoms with Crippen LogP contribution in [0.15, 0.2) is 16.9 Å². The van der Waals surface area contributed by atoms with Crippen LogP contribution >= 0.6 is 0 Å². The molecule has 4 heterocycles. The number of alkyl halides is 3. The number of nitrogens with zero attached hydrogens (tertiary/aromatic N) is 2. The summed E-state index contributed by atoms with van der Waals surface area (Å²) in [4.78, 5) is 52.5. The highest BCUT2D eigenvalue weighted by Crippen LogP contribution is 2.45. The Morgan fingerprint density at radius 1 is 1.17 bits per heavy atom. The van der Waals surface area contributed by atoms with E-state index in [1.54, 1.807) is 24.5 Å². The van der Waals surface area contributed by atoms with Gasteiger partial charge in [0.1, 0.15) is 18.0 Å². The Balaban J connectivity index is 0.000000559. The van der Waals surface area contributed by atoms with Gasteiger partial charge in [0.2, 0.25) is 0 Å². The van der Waals surface area contributed by atoms with Gasteiger partial charge in [0.15, 0.2) is 5.60 Å². The van der Waals surface area contributed by atoms with E-state index < -0.39 is 29.3 Å². The molecule has 1 aliphatic carbocycles. The molecule has 3 aromatic rings. The maximum Gasteiger partial charge on any atom is 0.490 e. The fourth-order valence-electron chi connectivity index (χ4n) is 6.34. The van der Waals surface area contributed by atoms with Crippen molar-refractivity contribution in [1.29, 1.82) is 0 Å². The van der Waals surface area contributed by atoms with Gasteiger partial charge in [-0.15, -0.1) is 0 Å². The van der Waals surface area contributed by atoms with Crippen molar-refractivity contribution in [3.8, 4) is 11.4 Å². The van der Waals surface area contributed by atoms with E-state index >= 15 is 4.39 Å². The van der Waals surface area contributed by atoms with E-state index in [0.717, 1.165) is 22.1 Å². The maximum absolute atomic E-state index is 15.0. The molecule has 0 unspecified atom stereocenters. The lowest BCUT2D eigenvalue weighted by Crippen LogP contribution is -2.44. The van der Waals surface area contributed by atoms with Crippen LogP contribution in [0.25, 0.3) is 22.3 Å². The number of rotatable bonds is 4. The molecule has 3 aliphatic rings. The number of hydrogen-bond acceptors (Lipinski definition) is 9. The number of benzene rings is 1. The molecule has 11 nitrogen and oxygen atoms in total. The molecular formula is C32H33F4N3O8. The topological polar surface area (TPSA) is 157 Å². The Kier molecular flexibility index (Phi) is 8.46. The fraction of sp³-hybridized carbons (Fsp3) is 0.469. The number of esters is 2. The first-order chi connectivity index (χ1) is 21.8. The molecule has 2 aromatic heterocycles. The average Bonchev–Trinajstić information content (AvgIpc) is 3.34. The van der Waals surface area contributed by atoms with Crippen LogP contribution in [0, 0.1) is 12.7 Å². The Bertz CT molecular complexity index is 1900. The average molecular weight is 664 g/mol. The highest BCUT2D eigenvalue weighted by molar-refractivity contribution is 5.93. The molecule has 2 aliphatic heterocycles. The van der Waals surface area contributed by atoms with E-state index in [2.05, 4.69) is 5.32 Å². The van der Waals surface area contributed by atoms with Gasteiger partial charge in [0, 0.05) is 28.6 Å². The zero-order valence-electron chi connectivity index (χ0n) is 26.2. The molecule has 0 saturated carbocycles. The van der Waals surface area contributed by atoms with Crippen molar-refractivity contribution in [2.45, 2.75) is 90.5 Å².